The summed E-state index contributed by atoms with van der Waals surface area (Å²) in [7, 11) is 0. The predicted molar refractivity (Wildman–Crippen MR) is 53.3 cm³/mol. The number of rotatable bonds is 7. The highest BCUT2D eigenvalue weighted by Crippen LogP contribution is 2.08. The van der Waals surface area contributed by atoms with E-state index in [2.05, 4.69) is 5.29 Å². The lowest BCUT2D eigenvalue weighted by molar-refractivity contribution is -0.157. The van der Waals surface area contributed by atoms with Gasteiger partial charge in [0.2, 0.25) is 0 Å². The Morgan fingerprint density at radius 2 is 2.29 bits per heavy atom. The Morgan fingerprint density at radius 3 is 2.64 bits per heavy atom. The average Bonchev–Trinajstić information content (AvgIpc) is 2.17. The maximum atomic E-state index is 10.8. The first kappa shape index (κ1) is 10.9. The van der Waals surface area contributed by atoms with Gasteiger partial charge in [0.1, 0.15) is 1.37 Å². The zero-order chi connectivity index (χ0) is 11.9. The maximum absolute atomic E-state index is 10.8. The summed E-state index contributed by atoms with van der Waals surface area (Å²) in [6.45, 7) is 5.17. The highest BCUT2D eigenvalue weighted by molar-refractivity contribution is 5.66. The molecule has 5 heteroatoms. The van der Waals surface area contributed by atoms with Crippen molar-refractivity contribution in [2.75, 3.05) is 6.54 Å². The van der Waals surface area contributed by atoms with Gasteiger partial charge in [0.05, 0.1) is 5.29 Å². The van der Waals surface area contributed by atoms with Crippen molar-refractivity contribution in [2.24, 2.45) is 5.29 Å². The van der Waals surface area contributed by atoms with Crippen molar-refractivity contribution in [3.05, 3.63) is 4.91 Å². The van der Waals surface area contributed by atoms with Gasteiger partial charge in [0.15, 0.2) is 6.20 Å². The summed E-state index contributed by atoms with van der Waals surface area (Å²) in [4.78, 5) is 21.4. The number of carbonyl (C=O) groups is 1. The molecule has 1 unspecified atom stereocenters. The molecule has 0 aliphatic carbocycles. The molecule has 0 heterocycles. The van der Waals surface area contributed by atoms with Crippen molar-refractivity contribution in [1.29, 1.82) is 0 Å². The lowest BCUT2D eigenvalue weighted by Gasteiger charge is -2.24. The molecular weight excluding hydrogens is 184 g/mol. The fraction of sp³-hybridized carbons (Fsp3) is 0.889. The van der Waals surface area contributed by atoms with Gasteiger partial charge in [-0.2, -0.15) is 0 Å². The Hall–Kier alpha value is -1.13. The summed E-state index contributed by atoms with van der Waals surface area (Å²) < 4.78 is 12.6. The van der Waals surface area contributed by atoms with Crippen LogP contribution in [0, 0.1) is 4.91 Å². The lowest BCUT2D eigenvalue weighted by atomic mass is 10.3. The van der Waals surface area contributed by atoms with E-state index in [0.717, 1.165) is 17.9 Å². The Kier molecular flexibility index (Phi) is 5.70. The molecule has 0 aromatic carbocycles. The highest BCUT2D eigenvalue weighted by Gasteiger charge is 2.18. The molecule has 0 aromatic rings. The van der Waals surface area contributed by atoms with E-state index in [4.69, 9.17) is 6.11 Å². The van der Waals surface area contributed by atoms with Crippen LogP contribution in [0.25, 0.3) is 0 Å². The molecule has 0 saturated carbocycles. The Balaban J connectivity index is 4.55. The summed E-state index contributed by atoms with van der Waals surface area (Å²) >= 11 is 0. The molecule has 0 bridgehead atoms. The highest BCUT2D eigenvalue weighted by atomic mass is 16.6. The Labute approximate surface area is 85.8 Å². The number of hydrogen-bond donors (Lipinski definition) is 0. The summed E-state index contributed by atoms with van der Waals surface area (Å²) in [5, 5.41) is 3.71. The van der Waals surface area contributed by atoms with Crippen LogP contribution in [-0.4, -0.2) is 23.7 Å². The largest absolute Gasteiger partial charge is 0.440 e. The van der Waals surface area contributed by atoms with Gasteiger partial charge in [-0.1, -0.05) is 20.3 Å². The van der Waals surface area contributed by atoms with Crippen molar-refractivity contribution in [1.82, 2.24) is 5.01 Å². The fourth-order valence-corrected chi connectivity index (χ4v) is 0.992. The van der Waals surface area contributed by atoms with E-state index in [1.807, 2.05) is 6.92 Å². The topological polar surface area (TPSA) is 59.0 Å². The van der Waals surface area contributed by atoms with E-state index in [1.54, 1.807) is 6.92 Å². The van der Waals surface area contributed by atoms with Gasteiger partial charge in [-0.05, 0) is 6.42 Å². The zero-order valence-electron chi connectivity index (χ0n) is 9.95. The van der Waals surface area contributed by atoms with Crippen LogP contribution in [0.4, 0.5) is 0 Å². The standard InChI is InChI=1S/C9H18N2O3/c1-4-6-7-11(10-13)9(5-2)14-8(3)12/h9H,4-7H2,1-3H3/i9D. The first-order valence-corrected chi connectivity index (χ1v) is 4.80. The van der Waals surface area contributed by atoms with Crippen LogP contribution >= 0.6 is 0 Å². The monoisotopic (exact) mass is 203 g/mol. The van der Waals surface area contributed by atoms with Crippen molar-refractivity contribution in [3.63, 3.8) is 0 Å². The van der Waals surface area contributed by atoms with Crippen molar-refractivity contribution in [2.45, 2.75) is 46.2 Å². The van der Waals surface area contributed by atoms with E-state index < -0.39 is 12.2 Å². The summed E-state index contributed by atoms with van der Waals surface area (Å²) in [5.74, 6) is -0.586. The molecule has 0 spiro atoms. The number of hydrogen-bond acceptors (Lipinski definition) is 4. The van der Waals surface area contributed by atoms with E-state index in [9.17, 15) is 9.70 Å². The number of unbranched alkanes of at least 4 members (excludes halogenated alkanes) is 1. The molecule has 0 aliphatic rings. The van der Waals surface area contributed by atoms with Gasteiger partial charge < -0.3 is 4.74 Å². The molecule has 5 nitrogen and oxygen atoms in total. The van der Waals surface area contributed by atoms with Gasteiger partial charge in [-0.15, -0.1) is 4.91 Å². The van der Waals surface area contributed by atoms with Crippen molar-refractivity contribution < 1.29 is 10.9 Å². The van der Waals surface area contributed by atoms with E-state index in [-0.39, 0.29) is 6.42 Å². The van der Waals surface area contributed by atoms with E-state index in [1.165, 1.54) is 6.92 Å². The maximum Gasteiger partial charge on any atom is 0.304 e. The normalized spacial score (nSPS) is 15.2. The van der Waals surface area contributed by atoms with Gasteiger partial charge in [-0.3, -0.25) is 4.79 Å². The van der Waals surface area contributed by atoms with E-state index >= 15 is 0 Å². The van der Waals surface area contributed by atoms with Crippen LogP contribution in [0.2, 0.25) is 0 Å². The SMILES string of the molecule is [2H]C(CC)(OC(C)=O)N(CCCC)N=O. The second kappa shape index (κ2) is 7.29. The van der Waals surface area contributed by atoms with Gasteiger partial charge in [0, 0.05) is 19.9 Å². The minimum atomic E-state index is -1.66. The van der Waals surface area contributed by atoms with Crippen LogP contribution in [0.3, 0.4) is 0 Å². The molecule has 0 aromatic heterocycles. The van der Waals surface area contributed by atoms with Crippen LogP contribution in [0.1, 0.15) is 41.4 Å². The number of esters is 1. The smallest absolute Gasteiger partial charge is 0.304 e. The first-order valence-electron chi connectivity index (χ1n) is 5.30. The zero-order valence-corrected chi connectivity index (χ0v) is 8.95. The second-order valence-electron chi connectivity index (χ2n) is 2.90. The molecule has 0 rings (SSSR count). The van der Waals surface area contributed by atoms with E-state index in [0.29, 0.717) is 6.54 Å². The molecule has 82 valence electrons. The third-order valence-electron chi connectivity index (χ3n) is 1.67. The Bertz CT molecular complexity index is 225. The minimum absolute atomic E-state index is 0.196. The molecule has 0 saturated heterocycles. The average molecular weight is 203 g/mol. The minimum Gasteiger partial charge on any atom is -0.440 e. The van der Waals surface area contributed by atoms with Crippen LogP contribution in [0.15, 0.2) is 5.29 Å². The molecule has 0 radical (unpaired) electrons. The number of nitroso groups, excluding NO2 is 1. The molecule has 0 fully saturated rings. The molecule has 0 N–H and O–H groups in total. The molecule has 0 aliphatic heterocycles. The molecular formula is C9H18N2O3. The van der Waals surface area contributed by atoms with Crippen LogP contribution < -0.4 is 0 Å². The third kappa shape index (κ3) is 4.79. The van der Waals surface area contributed by atoms with Gasteiger partial charge in [-0.25, -0.2) is 5.01 Å². The Morgan fingerprint density at radius 1 is 1.64 bits per heavy atom. The molecule has 14 heavy (non-hydrogen) atoms. The molecule has 0 amide bonds. The van der Waals surface area contributed by atoms with Gasteiger partial charge in [0.25, 0.3) is 0 Å². The molecule has 1 atom stereocenters. The number of carbonyl (C=O) groups excluding carboxylic acids is 1. The number of nitrogens with zero attached hydrogens (tertiary/aromatic N) is 2. The van der Waals surface area contributed by atoms with Crippen molar-refractivity contribution in [3.8, 4) is 0 Å². The third-order valence-corrected chi connectivity index (χ3v) is 1.67. The first-order chi connectivity index (χ1) is 7.00. The number of ether oxygens (including phenoxy) is 1. The quantitative estimate of drug-likeness (QED) is 0.275. The predicted octanol–water partition coefficient (Wildman–Crippen LogP) is 2.07. The second-order valence-corrected chi connectivity index (χ2v) is 2.90. The summed E-state index contributed by atoms with van der Waals surface area (Å²) in [6, 6.07) is 0. The fourth-order valence-electron chi connectivity index (χ4n) is 0.992. The summed E-state index contributed by atoms with van der Waals surface area (Å²) in [6.07, 6.45) is 0.143. The van der Waals surface area contributed by atoms with Crippen LogP contribution in [-0.2, 0) is 9.53 Å². The van der Waals surface area contributed by atoms with Gasteiger partial charge >= 0.3 is 5.97 Å². The van der Waals surface area contributed by atoms with Crippen LogP contribution in [0.5, 0.6) is 0 Å². The van der Waals surface area contributed by atoms with Crippen molar-refractivity contribution >= 4 is 5.97 Å². The summed E-state index contributed by atoms with van der Waals surface area (Å²) in [5.41, 5.74) is 0. The lowest BCUT2D eigenvalue weighted by Crippen LogP contribution is -2.34.